The highest BCUT2D eigenvalue weighted by molar-refractivity contribution is 5.92. The molecule has 2 aromatic rings. The normalized spacial score (nSPS) is 14.2. The first-order valence-corrected chi connectivity index (χ1v) is 8.69. The predicted molar refractivity (Wildman–Crippen MR) is 99.0 cm³/mol. The Labute approximate surface area is 153 Å². The average Bonchev–Trinajstić information content (AvgIpc) is 2.66. The molecule has 1 saturated heterocycles. The first-order valence-electron chi connectivity index (χ1n) is 8.69. The van der Waals surface area contributed by atoms with Gasteiger partial charge >= 0.3 is 0 Å². The van der Waals surface area contributed by atoms with Crippen molar-refractivity contribution in [2.24, 2.45) is 0 Å². The first kappa shape index (κ1) is 17.8. The van der Waals surface area contributed by atoms with E-state index in [0.29, 0.717) is 44.4 Å². The van der Waals surface area contributed by atoms with E-state index in [4.69, 9.17) is 0 Å². The third kappa shape index (κ3) is 4.17. The molecule has 0 saturated carbocycles. The minimum Gasteiger partial charge on any atom is -0.347 e. The zero-order chi connectivity index (χ0) is 18.5. The molecule has 7 heteroatoms. The molecule has 1 aliphatic rings. The van der Waals surface area contributed by atoms with Crippen molar-refractivity contribution in [3.8, 4) is 0 Å². The molecule has 0 unspecified atom stereocenters. The summed E-state index contributed by atoms with van der Waals surface area (Å²) in [6.45, 7) is 6.92. The Balaban J connectivity index is 1.70. The molecule has 1 aromatic carbocycles. The van der Waals surface area contributed by atoms with E-state index >= 15 is 0 Å². The monoisotopic (exact) mass is 353 g/mol. The van der Waals surface area contributed by atoms with Gasteiger partial charge in [0, 0.05) is 38.4 Å². The Morgan fingerprint density at radius 3 is 2.58 bits per heavy atom. The Hall–Kier alpha value is -2.96. The summed E-state index contributed by atoms with van der Waals surface area (Å²) in [7, 11) is 0. The number of aryl methyl sites for hydroxylation is 2. The minimum atomic E-state index is -0.216. The number of carbonyl (C=O) groups excluding carboxylic acids is 2. The molecule has 7 nitrogen and oxygen atoms in total. The van der Waals surface area contributed by atoms with Gasteiger partial charge < -0.3 is 15.1 Å². The van der Waals surface area contributed by atoms with Gasteiger partial charge in [0.25, 0.3) is 5.91 Å². The van der Waals surface area contributed by atoms with Crippen LogP contribution in [0.4, 0.5) is 5.95 Å². The molecule has 3 rings (SSSR count). The van der Waals surface area contributed by atoms with Crippen molar-refractivity contribution in [2.45, 2.75) is 20.4 Å². The summed E-state index contributed by atoms with van der Waals surface area (Å²) in [6, 6.07) is 9.65. The van der Waals surface area contributed by atoms with Gasteiger partial charge in [0.15, 0.2) is 0 Å². The number of hydrogen-bond acceptors (Lipinski definition) is 5. The summed E-state index contributed by atoms with van der Waals surface area (Å²) < 4.78 is 0. The van der Waals surface area contributed by atoms with Crippen molar-refractivity contribution in [1.82, 2.24) is 20.2 Å². The second-order valence-corrected chi connectivity index (χ2v) is 6.43. The maximum absolute atomic E-state index is 12.5. The molecule has 136 valence electrons. The number of carbonyl (C=O) groups is 2. The van der Waals surface area contributed by atoms with E-state index in [1.165, 1.54) is 0 Å². The Kier molecular flexibility index (Phi) is 5.46. The van der Waals surface area contributed by atoms with Crippen LogP contribution in [0.2, 0.25) is 0 Å². The molecule has 0 bridgehead atoms. The van der Waals surface area contributed by atoms with E-state index < -0.39 is 0 Å². The van der Waals surface area contributed by atoms with E-state index in [2.05, 4.69) is 15.3 Å². The summed E-state index contributed by atoms with van der Waals surface area (Å²) in [5.74, 6) is 0.322. The van der Waals surface area contributed by atoms with Gasteiger partial charge in [-0.1, -0.05) is 24.3 Å². The third-order valence-corrected chi connectivity index (χ3v) is 4.52. The van der Waals surface area contributed by atoms with Crippen molar-refractivity contribution in [3.63, 3.8) is 0 Å². The fourth-order valence-corrected chi connectivity index (χ4v) is 2.91. The fourth-order valence-electron chi connectivity index (χ4n) is 2.91. The van der Waals surface area contributed by atoms with Gasteiger partial charge in [0.2, 0.25) is 12.4 Å². The van der Waals surface area contributed by atoms with Gasteiger partial charge in [-0.25, -0.2) is 9.97 Å². The fraction of sp³-hybridized carbons (Fsp3) is 0.368. The number of rotatable bonds is 5. The van der Waals surface area contributed by atoms with E-state index in [9.17, 15) is 9.59 Å². The molecule has 0 aliphatic carbocycles. The van der Waals surface area contributed by atoms with Crippen LogP contribution in [0.5, 0.6) is 0 Å². The van der Waals surface area contributed by atoms with Crippen LogP contribution >= 0.6 is 0 Å². The van der Waals surface area contributed by atoms with Crippen LogP contribution < -0.4 is 10.2 Å². The lowest BCUT2D eigenvalue weighted by Gasteiger charge is -2.32. The van der Waals surface area contributed by atoms with Crippen LogP contribution in [0.3, 0.4) is 0 Å². The van der Waals surface area contributed by atoms with Gasteiger partial charge in [0.1, 0.15) is 5.69 Å². The van der Waals surface area contributed by atoms with Crippen LogP contribution in [0.1, 0.15) is 27.3 Å². The standard InChI is InChI=1S/C19H23N5O2/c1-14-5-3-4-6-16(14)12-20-18(26)17-11-15(2)21-19(22-17)24-9-7-23(13-25)8-10-24/h3-6,11,13H,7-10,12H2,1-2H3,(H,20,26). The number of piperazine rings is 1. The molecule has 1 aliphatic heterocycles. The van der Waals surface area contributed by atoms with Gasteiger partial charge in [-0.3, -0.25) is 9.59 Å². The Morgan fingerprint density at radius 1 is 1.15 bits per heavy atom. The number of nitrogens with zero attached hydrogens (tertiary/aromatic N) is 4. The SMILES string of the molecule is Cc1cc(C(=O)NCc2ccccc2C)nc(N2CCN(C=O)CC2)n1. The zero-order valence-electron chi connectivity index (χ0n) is 15.1. The topological polar surface area (TPSA) is 78.4 Å². The van der Waals surface area contributed by atoms with Crippen molar-refractivity contribution in [3.05, 3.63) is 52.8 Å². The van der Waals surface area contributed by atoms with Crippen molar-refractivity contribution < 1.29 is 9.59 Å². The molecule has 1 N–H and O–H groups in total. The van der Waals surface area contributed by atoms with Crippen LogP contribution in [-0.4, -0.2) is 53.4 Å². The second-order valence-electron chi connectivity index (χ2n) is 6.43. The lowest BCUT2D eigenvalue weighted by Crippen LogP contribution is -2.46. The highest BCUT2D eigenvalue weighted by Crippen LogP contribution is 2.13. The lowest BCUT2D eigenvalue weighted by molar-refractivity contribution is -0.118. The summed E-state index contributed by atoms with van der Waals surface area (Å²) in [5.41, 5.74) is 3.32. The highest BCUT2D eigenvalue weighted by atomic mass is 16.2. The maximum atomic E-state index is 12.5. The molecule has 0 spiro atoms. The molecule has 26 heavy (non-hydrogen) atoms. The highest BCUT2D eigenvalue weighted by Gasteiger charge is 2.20. The maximum Gasteiger partial charge on any atom is 0.270 e. The molecule has 1 aromatic heterocycles. The molecule has 1 fully saturated rings. The smallest absolute Gasteiger partial charge is 0.270 e. The zero-order valence-corrected chi connectivity index (χ0v) is 15.1. The number of nitrogens with one attached hydrogen (secondary N) is 1. The quantitative estimate of drug-likeness (QED) is 0.820. The molecular weight excluding hydrogens is 330 g/mol. The molecule has 0 radical (unpaired) electrons. The van der Waals surface area contributed by atoms with Crippen molar-refractivity contribution >= 4 is 18.3 Å². The summed E-state index contributed by atoms with van der Waals surface area (Å²) in [5, 5.41) is 2.93. The largest absolute Gasteiger partial charge is 0.347 e. The van der Waals surface area contributed by atoms with E-state index in [0.717, 1.165) is 23.2 Å². The average molecular weight is 353 g/mol. The number of amides is 2. The third-order valence-electron chi connectivity index (χ3n) is 4.52. The van der Waals surface area contributed by atoms with E-state index in [1.807, 2.05) is 43.0 Å². The molecule has 2 heterocycles. The number of benzene rings is 1. The molecule has 0 atom stereocenters. The van der Waals surface area contributed by atoms with Crippen molar-refractivity contribution in [2.75, 3.05) is 31.1 Å². The van der Waals surface area contributed by atoms with Gasteiger partial charge in [-0.2, -0.15) is 0 Å². The predicted octanol–water partition coefficient (Wildman–Crippen LogP) is 1.30. The number of aromatic nitrogens is 2. The van der Waals surface area contributed by atoms with Crippen LogP contribution in [0, 0.1) is 13.8 Å². The molecule has 2 amide bonds. The van der Waals surface area contributed by atoms with Gasteiger partial charge in [-0.15, -0.1) is 0 Å². The van der Waals surface area contributed by atoms with E-state index in [1.54, 1.807) is 11.0 Å². The second kappa shape index (κ2) is 7.95. The minimum absolute atomic E-state index is 0.216. The van der Waals surface area contributed by atoms with Crippen LogP contribution in [-0.2, 0) is 11.3 Å². The summed E-state index contributed by atoms with van der Waals surface area (Å²) in [6.07, 6.45) is 0.860. The summed E-state index contributed by atoms with van der Waals surface area (Å²) in [4.78, 5) is 36.0. The van der Waals surface area contributed by atoms with Gasteiger partial charge in [0.05, 0.1) is 0 Å². The summed E-state index contributed by atoms with van der Waals surface area (Å²) >= 11 is 0. The Bertz CT molecular complexity index is 800. The first-order chi connectivity index (χ1) is 12.6. The number of anilines is 1. The number of hydrogen-bond donors (Lipinski definition) is 1. The van der Waals surface area contributed by atoms with Crippen LogP contribution in [0.15, 0.2) is 30.3 Å². The molecular formula is C19H23N5O2. The van der Waals surface area contributed by atoms with E-state index in [-0.39, 0.29) is 5.91 Å². The van der Waals surface area contributed by atoms with Crippen LogP contribution in [0.25, 0.3) is 0 Å². The Morgan fingerprint density at radius 2 is 1.88 bits per heavy atom. The lowest BCUT2D eigenvalue weighted by atomic mass is 10.1. The van der Waals surface area contributed by atoms with Gasteiger partial charge in [-0.05, 0) is 31.0 Å². The van der Waals surface area contributed by atoms with Crippen molar-refractivity contribution in [1.29, 1.82) is 0 Å².